The maximum Gasteiger partial charge on any atom is 0.256 e. The molecule has 0 aromatic heterocycles. The molecule has 1 heterocycles. The second kappa shape index (κ2) is 9.52. The lowest BCUT2D eigenvalue weighted by Crippen LogP contribution is -2.40. The number of carbonyl (C=O) groups is 1. The average Bonchev–Trinajstić information content (AvgIpc) is 3.55. The molecule has 37 heavy (non-hydrogen) atoms. The van der Waals surface area contributed by atoms with E-state index in [9.17, 15) is 10.1 Å². The molecule has 180 valence electrons. The standard InChI is InChI=1S/C33H27N3O/c34-22-29-18-17-28(25-9-3-1-4-10-25)21-30(29)26-15-13-24(14-16-26)23-36-31(27-11-5-2-6-12-27)35-33(32(36)37)19-7-8-20-33/h1-6,9-18,21H,7-8,19-20,23H2. The molecule has 1 fully saturated rings. The van der Waals surface area contributed by atoms with Gasteiger partial charge in [-0.05, 0) is 47.2 Å². The van der Waals surface area contributed by atoms with Gasteiger partial charge in [-0.15, -0.1) is 0 Å². The van der Waals surface area contributed by atoms with Crippen molar-refractivity contribution >= 4 is 11.7 Å². The van der Waals surface area contributed by atoms with Gasteiger partial charge in [0.2, 0.25) is 0 Å². The summed E-state index contributed by atoms with van der Waals surface area (Å²) in [6, 6.07) is 36.7. The first-order valence-corrected chi connectivity index (χ1v) is 12.8. The molecule has 0 atom stereocenters. The van der Waals surface area contributed by atoms with Crippen LogP contribution in [0.3, 0.4) is 0 Å². The van der Waals surface area contributed by atoms with E-state index in [-0.39, 0.29) is 5.91 Å². The molecule has 0 N–H and O–H groups in total. The lowest BCUT2D eigenvalue weighted by Gasteiger charge is -2.23. The van der Waals surface area contributed by atoms with Crippen LogP contribution < -0.4 is 0 Å². The van der Waals surface area contributed by atoms with Crippen LogP contribution in [0.4, 0.5) is 0 Å². The van der Waals surface area contributed by atoms with Gasteiger partial charge in [0.05, 0.1) is 18.2 Å². The molecular formula is C33H27N3O. The Hall–Kier alpha value is -4.49. The molecule has 1 aliphatic heterocycles. The largest absolute Gasteiger partial charge is 0.290 e. The van der Waals surface area contributed by atoms with Gasteiger partial charge in [-0.3, -0.25) is 14.7 Å². The molecule has 1 amide bonds. The van der Waals surface area contributed by atoms with Crippen molar-refractivity contribution in [2.75, 3.05) is 0 Å². The van der Waals surface area contributed by atoms with E-state index in [4.69, 9.17) is 4.99 Å². The number of hydrogen-bond donors (Lipinski definition) is 0. The van der Waals surface area contributed by atoms with E-state index in [1.165, 1.54) is 0 Å². The zero-order valence-electron chi connectivity index (χ0n) is 20.6. The maximum atomic E-state index is 13.6. The molecule has 4 nitrogen and oxygen atoms in total. The number of nitrogens with zero attached hydrogens (tertiary/aromatic N) is 3. The molecule has 0 bridgehead atoms. The fourth-order valence-corrected chi connectivity index (χ4v) is 5.56. The fourth-order valence-electron chi connectivity index (χ4n) is 5.56. The van der Waals surface area contributed by atoms with Crippen molar-refractivity contribution < 1.29 is 4.79 Å². The number of hydrogen-bond acceptors (Lipinski definition) is 3. The summed E-state index contributed by atoms with van der Waals surface area (Å²) in [4.78, 5) is 20.5. The summed E-state index contributed by atoms with van der Waals surface area (Å²) in [6.07, 6.45) is 3.74. The Morgan fingerprint density at radius 1 is 0.757 bits per heavy atom. The Labute approximate surface area is 217 Å². The third kappa shape index (κ3) is 4.23. The summed E-state index contributed by atoms with van der Waals surface area (Å²) < 4.78 is 0. The summed E-state index contributed by atoms with van der Waals surface area (Å²) in [7, 11) is 0. The third-order valence-electron chi connectivity index (χ3n) is 7.53. The smallest absolute Gasteiger partial charge is 0.256 e. The van der Waals surface area contributed by atoms with Crippen molar-refractivity contribution in [1.82, 2.24) is 4.90 Å². The highest BCUT2D eigenvalue weighted by Crippen LogP contribution is 2.40. The first-order chi connectivity index (χ1) is 18.2. The van der Waals surface area contributed by atoms with Crippen LogP contribution in [-0.4, -0.2) is 22.2 Å². The lowest BCUT2D eigenvalue weighted by molar-refractivity contribution is -0.131. The molecule has 0 unspecified atom stereocenters. The van der Waals surface area contributed by atoms with Gasteiger partial charge >= 0.3 is 0 Å². The molecule has 1 aliphatic carbocycles. The molecule has 4 heteroatoms. The highest BCUT2D eigenvalue weighted by Gasteiger charge is 2.49. The van der Waals surface area contributed by atoms with Gasteiger partial charge in [0.25, 0.3) is 5.91 Å². The van der Waals surface area contributed by atoms with Crippen LogP contribution in [-0.2, 0) is 11.3 Å². The Bertz CT molecular complexity index is 1510. The van der Waals surface area contributed by atoms with E-state index in [0.29, 0.717) is 12.1 Å². The van der Waals surface area contributed by atoms with Crippen LogP contribution in [0.1, 0.15) is 42.4 Å². The van der Waals surface area contributed by atoms with Crippen molar-refractivity contribution in [3.8, 4) is 28.3 Å². The van der Waals surface area contributed by atoms with Crippen molar-refractivity contribution in [3.05, 3.63) is 120 Å². The first kappa shape index (κ1) is 22.9. The predicted octanol–water partition coefficient (Wildman–Crippen LogP) is 6.99. The summed E-state index contributed by atoms with van der Waals surface area (Å²) in [5.74, 6) is 0.897. The molecular weight excluding hydrogens is 454 g/mol. The molecule has 4 aromatic rings. The minimum atomic E-state index is -0.593. The van der Waals surface area contributed by atoms with Crippen molar-refractivity contribution in [1.29, 1.82) is 5.26 Å². The van der Waals surface area contributed by atoms with Crippen molar-refractivity contribution in [2.24, 2.45) is 4.99 Å². The molecule has 2 aliphatic rings. The highest BCUT2D eigenvalue weighted by molar-refractivity contribution is 6.15. The number of benzene rings is 4. The van der Waals surface area contributed by atoms with Gasteiger partial charge in [-0.2, -0.15) is 5.26 Å². The van der Waals surface area contributed by atoms with Gasteiger partial charge in [0.1, 0.15) is 11.4 Å². The van der Waals surface area contributed by atoms with E-state index in [2.05, 4.69) is 36.4 Å². The molecule has 1 spiro atoms. The van der Waals surface area contributed by atoms with Gasteiger partial charge in [0.15, 0.2) is 0 Å². The number of amides is 1. The van der Waals surface area contributed by atoms with Crippen LogP contribution in [0.25, 0.3) is 22.3 Å². The summed E-state index contributed by atoms with van der Waals surface area (Å²) >= 11 is 0. The zero-order chi connectivity index (χ0) is 25.2. The molecule has 0 saturated heterocycles. The predicted molar refractivity (Wildman–Crippen MR) is 147 cm³/mol. The lowest BCUT2D eigenvalue weighted by atomic mass is 9.94. The maximum absolute atomic E-state index is 13.6. The van der Waals surface area contributed by atoms with E-state index in [1.54, 1.807) is 0 Å². The molecule has 1 saturated carbocycles. The molecule has 4 aromatic carbocycles. The summed E-state index contributed by atoms with van der Waals surface area (Å²) in [6.45, 7) is 0.476. The molecule has 0 radical (unpaired) electrons. The van der Waals surface area contributed by atoms with Crippen LogP contribution in [0.15, 0.2) is 108 Å². The second-order valence-corrected chi connectivity index (χ2v) is 9.87. The number of carbonyl (C=O) groups excluding carboxylic acids is 1. The number of amidine groups is 1. The monoisotopic (exact) mass is 481 g/mol. The van der Waals surface area contributed by atoms with Gasteiger partial charge < -0.3 is 0 Å². The fraction of sp³-hybridized carbons (Fsp3) is 0.182. The quantitative estimate of drug-likeness (QED) is 0.308. The van der Waals surface area contributed by atoms with Gasteiger partial charge in [0, 0.05) is 11.1 Å². The summed E-state index contributed by atoms with van der Waals surface area (Å²) in [5, 5.41) is 9.75. The SMILES string of the molecule is N#Cc1ccc(-c2ccccc2)cc1-c1ccc(CN2C(=O)C3(CCCC3)N=C2c2ccccc2)cc1. The Morgan fingerprint density at radius 2 is 1.38 bits per heavy atom. The number of rotatable bonds is 5. The van der Waals surface area contributed by atoms with E-state index in [0.717, 1.165) is 64.9 Å². The second-order valence-electron chi connectivity index (χ2n) is 9.87. The summed E-state index contributed by atoms with van der Waals surface area (Å²) in [5.41, 5.74) is 6.15. The normalized spacial score (nSPS) is 16.1. The Morgan fingerprint density at radius 3 is 2.03 bits per heavy atom. The topological polar surface area (TPSA) is 56.5 Å². The van der Waals surface area contributed by atoms with Gasteiger partial charge in [-0.25, -0.2) is 0 Å². The Kier molecular flexibility index (Phi) is 5.90. The number of nitriles is 1. The minimum Gasteiger partial charge on any atom is -0.290 e. The first-order valence-electron chi connectivity index (χ1n) is 12.8. The number of aliphatic imine (C=N–C) groups is 1. The van der Waals surface area contributed by atoms with Crippen LogP contribution in [0.5, 0.6) is 0 Å². The zero-order valence-corrected chi connectivity index (χ0v) is 20.6. The van der Waals surface area contributed by atoms with Crippen molar-refractivity contribution in [2.45, 2.75) is 37.8 Å². The molecule has 6 rings (SSSR count). The van der Waals surface area contributed by atoms with E-state index >= 15 is 0 Å². The third-order valence-corrected chi connectivity index (χ3v) is 7.53. The van der Waals surface area contributed by atoms with Crippen LogP contribution >= 0.6 is 0 Å². The van der Waals surface area contributed by atoms with E-state index in [1.807, 2.05) is 77.7 Å². The van der Waals surface area contributed by atoms with Crippen molar-refractivity contribution in [3.63, 3.8) is 0 Å². The van der Waals surface area contributed by atoms with Crippen LogP contribution in [0, 0.1) is 11.3 Å². The Balaban J connectivity index is 1.30. The highest BCUT2D eigenvalue weighted by atomic mass is 16.2. The van der Waals surface area contributed by atoms with E-state index < -0.39 is 5.54 Å². The van der Waals surface area contributed by atoms with Gasteiger partial charge in [-0.1, -0.05) is 104 Å². The average molecular weight is 482 g/mol. The minimum absolute atomic E-state index is 0.121. The van der Waals surface area contributed by atoms with Crippen LogP contribution in [0.2, 0.25) is 0 Å².